The molecular weight excluding hydrogens is 352 g/mol. The minimum atomic E-state index is -0.365. The summed E-state index contributed by atoms with van der Waals surface area (Å²) in [6.45, 7) is 1.76. The van der Waals surface area contributed by atoms with Crippen LogP contribution in [0, 0.1) is 11.8 Å². The lowest BCUT2D eigenvalue weighted by Gasteiger charge is -2.41. The van der Waals surface area contributed by atoms with Crippen LogP contribution in [0.3, 0.4) is 0 Å². The number of fused-ring (bicyclic) bond motifs is 1. The van der Waals surface area contributed by atoms with E-state index in [-0.39, 0.29) is 11.9 Å². The maximum Gasteiger partial charge on any atom is 0.354 e. The zero-order valence-corrected chi connectivity index (χ0v) is 16.7. The Morgan fingerprint density at radius 1 is 1.04 bits per heavy atom. The van der Waals surface area contributed by atoms with Crippen LogP contribution in [-0.4, -0.2) is 41.5 Å². The van der Waals surface area contributed by atoms with Crippen molar-refractivity contribution in [2.75, 3.05) is 20.2 Å². The number of benzene rings is 1. The molecule has 0 N–H and O–H groups in total. The number of esters is 1. The van der Waals surface area contributed by atoms with E-state index in [2.05, 4.69) is 0 Å². The van der Waals surface area contributed by atoms with Crippen molar-refractivity contribution in [3.63, 3.8) is 0 Å². The third-order valence-electron chi connectivity index (χ3n) is 6.42. The van der Waals surface area contributed by atoms with Crippen LogP contribution in [0.1, 0.15) is 53.0 Å². The summed E-state index contributed by atoms with van der Waals surface area (Å²) in [5, 5.41) is 0. The van der Waals surface area contributed by atoms with Crippen molar-refractivity contribution in [2.45, 2.75) is 32.1 Å². The van der Waals surface area contributed by atoms with Gasteiger partial charge in [-0.3, -0.25) is 4.79 Å². The Labute approximate surface area is 166 Å². The summed E-state index contributed by atoms with van der Waals surface area (Å²) in [6.07, 6.45) is 8.27. The summed E-state index contributed by atoms with van der Waals surface area (Å²) < 4.78 is 6.58. The molecule has 28 heavy (non-hydrogen) atoms. The molecule has 1 amide bonds. The Balaban J connectivity index is 1.54. The van der Waals surface area contributed by atoms with E-state index in [9.17, 15) is 9.59 Å². The van der Waals surface area contributed by atoms with Crippen molar-refractivity contribution in [1.29, 1.82) is 0 Å². The number of likely N-dealkylation sites (tertiary alicyclic amines) is 1. The van der Waals surface area contributed by atoms with E-state index in [4.69, 9.17) is 4.74 Å². The molecule has 1 aromatic heterocycles. The van der Waals surface area contributed by atoms with Gasteiger partial charge in [-0.15, -0.1) is 0 Å². The number of hydrogen-bond acceptors (Lipinski definition) is 3. The molecule has 0 unspecified atom stereocenters. The molecule has 2 fully saturated rings. The maximum atomic E-state index is 13.1. The number of methoxy groups -OCH3 is 1. The van der Waals surface area contributed by atoms with E-state index >= 15 is 0 Å². The van der Waals surface area contributed by atoms with Gasteiger partial charge in [0.1, 0.15) is 5.69 Å². The quantitative estimate of drug-likeness (QED) is 0.753. The lowest BCUT2D eigenvalue weighted by molar-refractivity contribution is 0.0520. The first-order valence-electron chi connectivity index (χ1n) is 10.2. The lowest BCUT2D eigenvalue weighted by Crippen LogP contribution is -2.44. The molecule has 1 aromatic carbocycles. The summed E-state index contributed by atoms with van der Waals surface area (Å²) in [7, 11) is 3.20. The van der Waals surface area contributed by atoms with Gasteiger partial charge >= 0.3 is 5.97 Å². The van der Waals surface area contributed by atoms with Gasteiger partial charge in [0.05, 0.1) is 7.11 Å². The van der Waals surface area contributed by atoms with Crippen LogP contribution >= 0.6 is 0 Å². The topological polar surface area (TPSA) is 51.5 Å². The van der Waals surface area contributed by atoms with Crippen molar-refractivity contribution in [1.82, 2.24) is 9.47 Å². The first-order chi connectivity index (χ1) is 13.6. The first kappa shape index (κ1) is 18.8. The average Bonchev–Trinajstić information content (AvgIpc) is 3.14. The molecule has 0 radical (unpaired) electrons. The smallest absolute Gasteiger partial charge is 0.354 e. The Hall–Kier alpha value is -2.56. The minimum absolute atomic E-state index is 0.120. The second-order valence-corrected chi connectivity index (χ2v) is 8.14. The fraction of sp³-hybridized carbons (Fsp3) is 0.478. The van der Waals surface area contributed by atoms with Crippen molar-refractivity contribution < 1.29 is 14.3 Å². The van der Waals surface area contributed by atoms with E-state index in [1.807, 2.05) is 48.5 Å². The molecule has 4 rings (SSSR count). The zero-order chi connectivity index (χ0) is 19.7. The number of hydrogen-bond donors (Lipinski definition) is 0. The fourth-order valence-corrected chi connectivity index (χ4v) is 4.83. The van der Waals surface area contributed by atoms with E-state index < -0.39 is 0 Å². The molecule has 5 heteroatoms. The van der Waals surface area contributed by atoms with Gasteiger partial charge in [0, 0.05) is 37.5 Å². The molecule has 0 spiro atoms. The highest BCUT2D eigenvalue weighted by Gasteiger charge is 2.33. The van der Waals surface area contributed by atoms with Gasteiger partial charge in [0.2, 0.25) is 0 Å². The van der Waals surface area contributed by atoms with Crippen molar-refractivity contribution >= 4 is 11.9 Å². The van der Waals surface area contributed by atoms with Crippen LogP contribution in [0.15, 0.2) is 36.5 Å². The van der Waals surface area contributed by atoms with E-state index in [1.54, 1.807) is 4.57 Å². The molecule has 2 heterocycles. The molecule has 2 aromatic rings. The Morgan fingerprint density at radius 3 is 2.61 bits per heavy atom. The number of carbonyl (C=O) groups is 2. The number of rotatable bonds is 3. The number of ether oxygens (including phenoxy) is 1. The summed E-state index contributed by atoms with van der Waals surface area (Å²) >= 11 is 0. The largest absolute Gasteiger partial charge is 0.464 e. The second-order valence-electron chi connectivity index (χ2n) is 8.14. The number of aromatic nitrogens is 1. The number of amides is 1. The van der Waals surface area contributed by atoms with Crippen LogP contribution in [-0.2, 0) is 11.8 Å². The van der Waals surface area contributed by atoms with Gasteiger partial charge in [-0.1, -0.05) is 31.4 Å². The molecule has 2 aliphatic rings. The third kappa shape index (κ3) is 3.58. The highest BCUT2D eigenvalue weighted by atomic mass is 16.5. The van der Waals surface area contributed by atoms with Crippen molar-refractivity contribution in [2.24, 2.45) is 18.9 Å². The first-order valence-corrected chi connectivity index (χ1v) is 10.2. The number of carbonyl (C=O) groups excluding carboxylic acids is 2. The monoisotopic (exact) mass is 380 g/mol. The summed E-state index contributed by atoms with van der Waals surface area (Å²) in [4.78, 5) is 27.0. The molecular formula is C23H28N2O3. The Kier molecular flexibility index (Phi) is 5.25. The molecule has 1 saturated heterocycles. The van der Waals surface area contributed by atoms with Gasteiger partial charge in [-0.05, 0) is 48.4 Å². The highest BCUT2D eigenvalue weighted by Crippen LogP contribution is 2.36. The highest BCUT2D eigenvalue weighted by molar-refractivity contribution is 5.96. The molecule has 1 saturated carbocycles. The Morgan fingerprint density at radius 2 is 1.82 bits per heavy atom. The normalized spacial score (nSPS) is 21.9. The SMILES string of the molecule is COC(=O)c1cc(-c2cccc(C(=O)N3CC[C@@H]4CCCC[C@H]4C3)c2)cn1C. The van der Waals surface area contributed by atoms with E-state index in [0.29, 0.717) is 11.6 Å². The van der Waals surface area contributed by atoms with Gasteiger partial charge < -0.3 is 14.2 Å². The van der Waals surface area contributed by atoms with Crippen molar-refractivity contribution in [3.8, 4) is 11.1 Å². The van der Waals surface area contributed by atoms with Crippen LogP contribution in [0.4, 0.5) is 0 Å². The second kappa shape index (κ2) is 7.82. The predicted molar refractivity (Wildman–Crippen MR) is 108 cm³/mol. The van der Waals surface area contributed by atoms with Crippen molar-refractivity contribution in [3.05, 3.63) is 47.8 Å². The Bertz CT molecular complexity index is 886. The van der Waals surface area contributed by atoms with Gasteiger partial charge in [-0.25, -0.2) is 4.79 Å². The maximum absolute atomic E-state index is 13.1. The minimum Gasteiger partial charge on any atom is -0.464 e. The molecule has 1 aliphatic carbocycles. The van der Waals surface area contributed by atoms with Crippen LogP contribution in [0.5, 0.6) is 0 Å². The standard InChI is InChI=1S/C23H28N2O3/c1-24-14-20(13-21(24)23(27)28-2)17-8-5-9-18(12-17)22(26)25-11-10-16-6-3-4-7-19(16)15-25/h5,8-9,12-14,16,19H,3-4,6-7,10-11,15H2,1-2H3/t16-,19-/m0/s1. The summed E-state index contributed by atoms with van der Waals surface area (Å²) in [5.41, 5.74) is 3.05. The molecule has 0 bridgehead atoms. The molecule has 2 atom stereocenters. The van der Waals surface area contributed by atoms with Gasteiger partial charge in [-0.2, -0.15) is 0 Å². The number of nitrogens with zero attached hydrogens (tertiary/aromatic N) is 2. The number of aryl methyl sites for hydroxylation is 1. The van der Waals surface area contributed by atoms with Crippen LogP contribution in [0.25, 0.3) is 11.1 Å². The van der Waals surface area contributed by atoms with Crippen LogP contribution in [0.2, 0.25) is 0 Å². The lowest BCUT2D eigenvalue weighted by atomic mass is 9.75. The van der Waals surface area contributed by atoms with E-state index in [0.717, 1.165) is 42.1 Å². The van der Waals surface area contributed by atoms with E-state index in [1.165, 1.54) is 32.8 Å². The fourth-order valence-electron chi connectivity index (χ4n) is 4.83. The van der Waals surface area contributed by atoms with Crippen LogP contribution < -0.4 is 0 Å². The zero-order valence-electron chi connectivity index (χ0n) is 16.7. The third-order valence-corrected chi connectivity index (χ3v) is 6.42. The predicted octanol–water partition coefficient (Wildman–Crippen LogP) is 4.13. The molecule has 1 aliphatic heterocycles. The summed E-state index contributed by atoms with van der Waals surface area (Å²) in [6, 6.07) is 9.53. The number of piperidine rings is 1. The van der Waals surface area contributed by atoms with Gasteiger partial charge in [0.25, 0.3) is 5.91 Å². The average molecular weight is 380 g/mol. The molecule has 5 nitrogen and oxygen atoms in total. The summed E-state index contributed by atoms with van der Waals surface area (Å²) in [5.74, 6) is 1.24. The van der Waals surface area contributed by atoms with Gasteiger partial charge in [0.15, 0.2) is 0 Å². The molecule has 148 valence electrons.